The van der Waals surface area contributed by atoms with Crippen molar-refractivity contribution in [2.24, 2.45) is 5.92 Å². The molecule has 0 heterocycles. The van der Waals surface area contributed by atoms with E-state index in [-0.39, 0.29) is 11.3 Å². The third kappa shape index (κ3) is 2.22. The number of hydrogen-bond acceptors (Lipinski definition) is 1. The molecule has 2 fully saturated rings. The molecular formula is C11H18ClNO. The van der Waals surface area contributed by atoms with Gasteiger partial charge in [-0.25, -0.2) is 0 Å². The van der Waals surface area contributed by atoms with Crippen molar-refractivity contribution in [3.05, 3.63) is 0 Å². The minimum atomic E-state index is -0.274. The van der Waals surface area contributed by atoms with E-state index in [1.54, 1.807) is 0 Å². The number of amides is 1. The molecule has 1 unspecified atom stereocenters. The molecule has 0 saturated heterocycles. The Morgan fingerprint density at radius 2 is 1.79 bits per heavy atom. The highest BCUT2D eigenvalue weighted by atomic mass is 35.5. The van der Waals surface area contributed by atoms with Gasteiger partial charge < -0.3 is 5.32 Å². The lowest BCUT2D eigenvalue weighted by atomic mass is 9.82. The first kappa shape index (κ1) is 10.3. The molecule has 0 spiro atoms. The van der Waals surface area contributed by atoms with Gasteiger partial charge in [0.15, 0.2) is 0 Å². The van der Waals surface area contributed by atoms with E-state index in [1.165, 1.54) is 19.3 Å². The van der Waals surface area contributed by atoms with Crippen molar-refractivity contribution >= 4 is 17.5 Å². The van der Waals surface area contributed by atoms with Crippen molar-refractivity contribution in [3.63, 3.8) is 0 Å². The summed E-state index contributed by atoms with van der Waals surface area (Å²) < 4.78 is 0. The quantitative estimate of drug-likeness (QED) is 0.720. The Morgan fingerprint density at radius 3 is 2.29 bits per heavy atom. The monoisotopic (exact) mass is 215 g/mol. The number of nitrogens with one attached hydrogen (secondary N) is 1. The van der Waals surface area contributed by atoms with Gasteiger partial charge in [-0.15, -0.1) is 11.6 Å². The molecule has 0 aliphatic heterocycles. The smallest absolute Gasteiger partial charge is 0.238 e. The fourth-order valence-electron chi connectivity index (χ4n) is 2.30. The summed E-state index contributed by atoms with van der Waals surface area (Å²) in [5.41, 5.74) is 0. The Labute approximate surface area is 90.4 Å². The number of hydrogen-bond donors (Lipinski definition) is 1. The molecule has 0 radical (unpaired) electrons. The zero-order valence-electron chi connectivity index (χ0n) is 8.47. The van der Waals surface area contributed by atoms with Crippen LogP contribution < -0.4 is 5.32 Å². The van der Waals surface area contributed by atoms with Gasteiger partial charge in [0.2, 0.25) is 5.91 Å². The minimum absolute atomic E-state index is 0.0725. The Balaban J connectivity index is 1.75. The van der Waals surface area contributed by atoms with Crippen LogP contribution in [0.1, 0.15) is 44.9 Å². The summed E-state index contributed by atoms with van der Waals surface area (Å²) in [6.07, 6.45) is 8.28. The third-order valence-corrected chi connectivity index (χ3v) is 4.07. The standard InChI is InChI=1S/C11H18ClNO/c12-10(8-4-3-5-8)11(14)13-9-6-1-2-7-9/h8-10H,1-7H2,(H,13,14). The molecule has 0 aromatic heterocycles. The van der Waals surface area contributed by atoms with Crippen LogP contribution in [0.4, 0.5) is 0 Å². The van der Waals surface area contributed by atoms with Gasteiger partial charge in [0, 0.05) is 6.04 Å². The van der Waals surface area contributed by atoms with Crippen molar-refractivity contribution in [1.29, 1.82) is 0 Å². The van der Waals surface area contributed by atoms with E-state index in [0.717, 1.165) is 25.7 Å². The minimum Gasteiger partial charge on any atom is -0.352 e. The van der Waals surface area contributed by atoms with Crippen LogP contribution in [0.25, 0.3) is 0 Å². The van der Waals surface area contributed by atoms with Gasteiger partial charge in [0.1, 0.15) is 5.38 Å². The predicted molar refractivity (Wildman–Crippen MR) is 57.4 cm³/mol. The van der Waals surface area contributed by atoms with Crippen LogP contribution >= 0.6 is 11.6 Å². The maximum absolute atomic E-state index is 11.7. The molecule has 14 heavy (non-hydrogen) atoms. The van der Waals surface area contributed by atoms with Crippen LogP contribution in [0, 0.1) is 5.92 Å². The first-order valence-corrected chi connectivity index (χ1v) is 6.15. The van der Waals surface area contributed by atoms with Crippen LogP contribution in [0.15, 0.2) is 0 Å². The zero-order valence-corrected chi connectivity index (χ0v) is 9.22. The van der Waals surface area contributed by atoms with E-state index in [2.05, 4.69) is 5.32 Å². The molecule has 1 N–H and O–H groups in total. The molecule has 3 heteroatoms. The molecule has 2 aliphatic rings. The number of carbonyl (C=O) groups is 1. The second-order valence-electron chi connectivity index (χ2n) is 4.58. The zero-order chi connectivity index (χ0) is 9.97. The molecule has 2 aliphatic carbocycles. The lowest BCUT2D eigenvalue weighted by molar-refractivity contribution is -0.122. The molecular weight excluding hydrogens is 198 g/mol. The number of carbonyl (C=O) groups excluding carboxylic acids is 1. The number of halogens is 1. The Morgan fingerprint density at radius 1 is 1.14 bits per heavy atom. The first-order valence-electron chi connectivity index (χ1n) is 5.72. The normalized spacial score (nSPS) is 25.8. The van der Waals surface area contributed by atoms with Gasteiger partial charge in [-0.2, -0.15) is 0 Å². The molecule has 0 bridgehead atoms. The van der Waals surface area contributed by atoms with Gasteiger partial charge in [-0.1, -0.05) is 19.3 Å². The van der Waals surface area contributed by atoms with Crippen molar-refractivity contribution in [3.8, 4) is 0 Å². The van der Waals surface area contributed by atoms with Gasteiger partial charge in [0.25, 0.3) is 0 Å². The van der Waals surface area contributed by atoms with E-state index in [9.17, 15) is 4.79 Å². The van der Waals surface area contributed by atoms with Crippen molar-refractivity contribution in [1.82, 2.24) is 5.32 Å². The number of rotatable bonds is 3. The molecule has 0 aromatic rings. The molecule has 80 valence electrons. The van der Waals surface area contributed by atoms with Crippen LogP contribution in [-0.4, -0.2) is 17.3 Å². The second kappa shape index (κ2) is 4.52. The van der Waals surface area contributed by atoms with E-state index in [0.29, 0.717) is 12.0 Å². The van der Waals surface area contributed by atoms with Crippen LogP contribution in [0.3, 0.4) is 0 Å². The SMILES string of the molecule is O=C(NC1CCCC1)C(Cl)C1CCC1. The Kier molecular flexibility index (Phi) is 3.32. The maximum Gasteiger partial charge on any atom is 0.238 e. The van der Waals surface area contributed by atoms with E-state index in [4.69, 9.17) is 11.6 Å². The molecule has 2 nitrogen and oxygen atoms in total. The highest BCUT2D eigenvalue weighted by molar-refractivity contribution is 6.31. The van der Waals surface area contributed by atoms with Gasteiger partial charge in [-0.05, 0) is 31.6 Å². The lowest BCUT2D eigenvalue weighted by Gasteiger charge is -2.29. The van der Waals surface area contributed by atoms with Crippen LogP contribution in [0.5, 0.6) is 0 Å². The average Bonchev–Trinajstić information content (AvgIpc) is 2.53. The van der Waals surface area contributed by atoms with Gasteiger partial charge in [0.05, 0.1) is 0 Å². The fourth-order valence-corrected chi connectivity index (χ4v) is 2.61. The molecule has 2 rings (SSSR count). The second-order valence-corrected chi connectivity index (χ2v) is 5.05. The predicted octanol–water partition coefficient (Wildman–Crippen LogP) is 2.45. The Bertz CT molecular complexity index is 209. The number of alkyl halides is 1. The molecule has 1 atom stereocenters. The summed E-state index contributed by atoms with van der Waals surface area (Å²) in [7, 11) is 0. The summed E-state index contributed by atoms with van der Waals surface area (Å²) >= 11 is 6.10. The summed E-state index contributed by atoms with van der Waals surface area (Å²) in [6, 6.07) is 0.406. The molecule has 1 amide bonds. The fraction of sp³-hybridized carbons (Fsp3) is 0.909. The van der Waals surface area contributed by atoms with E-state index in [1.807, 2.05) is 0 Å². The van der Waals surface area contributed by atoms with Crippen LogP contribution in [-0.2, 0) is 4.79 Å². The summed E-state index contributed by atoms with van der Waals surface area (Å²) in [5.74, 6) is 0.515. The summed E-state index contributed by atoms with van der Waals surface area (Å²) in [6.45, 7) is 0. The van der Waals surface area contributed by atoms with Crippen molar-refractivity contribution < 1.29 is 4.79 Å². The highest BCUT2D eigenvalue weighted by Gasteiger charge is 2.32. The molecule has 2 saturated carbocycles. The largest absolute Gasteiger partial charge is 0.352 e. The Hall–Kier alpha value is -0.240. The highest BCUT2D eigenvalue weighted by Crippen LogP contribution is 2.32. The summed E-state index contributed by atoms with van der Waals surface area (Å²) in [5, 5.41) is 2.78. The van der Waals surface area contributed by atoms with Gasteiger partial charge >= 0.3 is 0 Å². The summed E-state index contributed by atoms with van der Waals surface area (Å²) in [4.78, 5) is 11.7. The molecule has 0 aromatic carbocycles. The van der Waals surface area contributed by atoms with Crippen LogP contribution in [0.2, 0.25) is 0 Å². The van der Waals surface area contributed by atoms with E-state index >= 15 is 0 Å². The first-order chi connectivity index (χ1) is 6.77. The van der Waals surface area contributed by atoms with Crippen molar-refractivity contribution in [2.75, 3.05) is 0 Å². The van der Waals surface area contributed by atoms with E-state index < -0.39 is 0 Å². The lowest BCUT2D eigenvalue weighted by Crippen LogP contribution is -2.42. The maximum atomic E-state index is 11.7. The average molecular weight is 216 g/mol. The van der Waals surface area contributed by atoms with Gasteiger partial charge in [-0.3, -0.25) is 4.79 Å². The topological polar surface area (TPSA) is 29.1 Å². The third-order valence-electron chi connectivity index (χ3n) is 3.52. The van der Waals surface area contributed by atoms with Crippen molar-refractivity contribution in [2.45, 2.75) is 56.4 Å².